The van der Waals surface area contributed by atoms with Crippen LogP contribution in [0.2, 0.25) is 0 Å². The monoisotopic (exact) mass is 378 g/mol. The third-order valence-electron chi connectivity index (χ3n) is 5.59. The van der Waals surface area contributed by atoms with E-state index in [0.29, 0.717) is 13.0 Å². The number of benzene rings is 1. The van der Waals surface area contributed by atoms with Crippen LogP contribution < -0.4 is 9.47 Å². The Labute approximate surface area is 156 Å². The molecule has 0 bridgehead atoms. The van der Waals surface area contributed by atoms with Gasteiger partial charge >= 0.3 is 5.97 Å². The standard InChI is InChI=1S/C18H22N2O7/c1-3-27-15-7-12(13(20(24)25)8-14(15)26-2)16(21)19-9-11-5-4-6-18(11,10-19)17(22)23/h7-8,11H,3-6,9-10H2,1-2H3,(H,22,23)/t11-,18+/m0/s1. The number of nitro benzene ring substituents is 1. The molecule has 9 nitrogen and oxygen atoms in total. The first-order chi connectivity index (χ1) is 12.8. The number of carboxylic acid groups (broad SMARTS) is 1. The van der Waals surface area contributed by atoms with E-state index < -0.39 is 22.2 Å². The number of hydrogen-bond donors (Lipinski definition) is 1. The van der Waals surface area contributed by atoms with Crippen LogP contribution in [0.1, 0.15) is 36.5 Å². The molecule has 2 aliphatic rings. The van der Waals surface area contributed by atoms with Gasteiger partial charge in [0.1, 0.15) is 5.56 Å². The zero-order valence-electron chi connectivity index (χ0n) is 15.3. The van der Waals surface area contributed by atoms with Gasteiger partial charge in [0.2, 0.25) is 0 Å². The van der Waals surface area contributed by atoms with Crippen molar-refractivity contribution in [2.75, 3.05) is 26.8 Å². The van der Waals surface area contributed by atoms with Crippen LogP contribution in [0.15, 0.2) is 12.1 Å². The van der Waals surface area contributed by atoms with Gasteiger partial charge in [-0.25, -0.2) is 0 Å². The maximum atomic E-state index is 13.1. The summed E-state index contributed by atoms with van der Waals surface area (Å²) in [5.74, 6) is -1.18. The number of carbonyl (C=O) groups is 2. The van der Waals surface area contributed by atoms with E-state index >= 15 is 0 Å². The summed E-state index contributed by atoms with van der Waals surface area (Å²) in [4.78, 5) is 37.1. The lowest BCUT2D eigenvalue weighted by molar-refractivity contribution is -0.385. The van der Waals surface area contributed by atoms with Crippen LogP contribution in [-0.2, 0) is 4.79 Å². The number of ether oxygens (including phenoxy) is 2. The summed E-state index contributed by atoms with van der Waals surface area (Å²) >= 11 is 0. The number of rotatable bonds is 6. The lowest BCUT2D eigenvalue weighted by Crippen LogP contribution is -2.37. The number of likely N-dealkylation sites (tertiary alicyclic amines) is 1. The third kappa shape index (κ3) is 3.07. The molecule has 1 N–H and O–H groups in total. The van der Waals surface area contributed by atoms with Crippen LogP contribution >= 0.6 is 0 Å². The molecular weight excluding hydrogens is 356 g/mol. The van der Waals surface area contributed by atoms with Gasteiger partial charge in [0.25, 0.3) is 11.6 Å². The second-order valence-corrected chi connectivity index (χ2v) is 6.95. The molecule has 0 spiro atoms. The molecule has 1 aromatic rings. The fraction of sp³-hybridized carbons (Fsp3) is 0.556. The zero-order chi connectivity index (χ0) is 19.8. The molecule has 2 fully saturated rings. The topological polar surface area (TPSA) is 119 Å². The number of amides is 1. The molecule has 27 heavy (non-hydrogen) atoms. The van der Waals surface area contributed by atoms with Gasteiger partial charge in [0.15, 0.2) is 11.5 Å². The number of aliphatic carboxylic acids is 1. The highest BCUT2D eigenvalue weighted by Gasteiger charge is 2.56. The van der Waals surface area contributed by atoms with Gasteiger partial charge < -0.3 is 19.5 Å². The normalized spacial score (nSPS) is 23.8. The zero-order valence-corrected chi connectivity index (χ0v) is 15.3. The van der Waals surface area contributed by atoms with E-state index in [4.69, 9.17) is 9.47 Å². The number of hydrogen-bond acceptors (Lipinski definition) is 6. The molecule has 1 heterocycles. The summed E-state index contributed by atoms with van der Waals surface area (Å²) in [5.41, 5.74) is -1.45. The molecule has 0 radical (unpaired) electrons. The van der Waals surface area contributed by atoms with Crippen LogP contribution in [0.5, 0.6) is 11.5 Å². The maximum Gasteiger partial charge on any atom is 0.311 e. The number of carboxylic acids is 1. The highest BCUT2D eigenvalue weighted by molar-refractivity contribution is 5.99. The number of fused-ring (bicyclic) bond motifs is 1. The van der Waals surface area contributed by atoms with Crippen LogP contribution in [0, 0.1) is 21.4 Å². The summed E-state index contributed by atoms with van der Waals surface area (Å²) in [5, 5.41) is 21.2. The van der Waals surface area contributed by atoms with Crippen molar-refractivity contribution in [3.63, 3.8) is 0 Å². The van der Waals surface area contributed by atoms with Gasteiger partial charge in [-0.2, -0.15) is 0 Å². The van der Waals surface area contributed by atoms with Crippen LogP contribution in [0.3, 0.4) is 0 Å². The predicted molar refractivity (Wildman–Crippen MR) is 94.1 cm³/mol. The van der Waals surface area contributed by atoms with E-state index in [0.717, 1.165) is 12.8 Å². The minimum absolute atomic E-state index is 0.0684. The van der Waals surface area contributed by atoms with Crippen molar-refractivity contribution in [1.29, 1.82) is 0 Å². The highest BCUT2D eigenvalue weighted by Crippen LogP contribution is 2.49. The molecule has 1 saturated heterocycles. The van der Waals surface area contributed by atoms with E-state index in [1.165, 1.54) is 24.1 Å². The van der Waals surface area contributed by atoms with Crippen molar-refractivity contribution < 1.29 is 29.1 Å². The van der Waals surface area contributed by atoms with Crippen LogP contribution in [-0.4, -0.2) is 53.6 Å². The molecule has 3 rings (SSSR count). The SMILES string of the molecule is CCOc1cc(C(=O)N2C[C@@H]3CCC[C@@]3(C(=O)O)C2)c([N+](=O)[O-])cc1OC. The van der Waals surface area contributed by atoms with Crippen molar-refractivity contribution in [2.45, 2.75) is 26.2 Å². The molecule has 1 aliphatic heterocycles. The molecule has 1 saturated carbocycles. The van der Waals surface area contributed by atoms with Crippen molar-refractivity contribution in [1.82, 2.24) is 4.90 Å². The van der Waals surface area contributed by atoms with Gasteiger partial charge in [-0.05, 0) is 25.7 Å². The number of carbonyl (C=O) groups excluding carboxylic acids is 1. The number of methoxy groups -OCH3 is 1. The van der Waals surface area contributed by atoms with Crippen molar-refractivity contribution >= 4 is 17.6 Å². The number of nitro groups is 1. The predicted octanol–water partition coefficient (Wildman–Crippen LogP) is 2.33. The summed E-state index contributed by atoms with van der Waals surface area (Å²) < 4.78 is 10.6. The first-order valence-electron chi connectivity index (χ1n) is 8.86. The first kappa shape index (κ1) is 18.9. The van der Waals surface area contributed by atoms with Gasteiger partial charge in [-0.3, -0.25) is 19.7 Å². The van der Waals surface area contributed by atoms with Gasteiger partial charge in [0, 0.05) is 19.2 Å². The second-order valence-electron chi connectivity index (χ2n) is 6.95. The van der Waals surface area contributed by atoms with Crippen molar-refractivity contribution in [2.24, 2.45) is 11.3 Å². The molecule has 0 aromatic heterocycles. The smallest absolute Gasteiger partial charge is 0.311 e. The number of nitrogens with zero attached hydrogens (tertiary/aromatic N) is 2. The molecule has 9 heteroatoms. The fourth-order valence-electron chi connectivity index (χ4n) is 4.26. The van der Waals surface area contributed by atoms with Gasteiger partial charge in [-0.15, -0.1) is 0 Å². The van der Waals surface area contributed by atoms with E-state index in [2.05, 4.69) is 0 Å². The quantitative estimate of drug-likeness (QED) is 0.596. The fourth-order valence-corrected chi connectivity index (χ4v) is 4.26. The first-order valence-corrected chi connectivity index (χ1v) is 8.86. The lowest BCUT2D eigenvalue weighted by Gasteiger charge is -2.23. The Kier molecular flexibility index (Phi) is 4.95. The molecular formula is C18H22N2O7. The van der Waals surface area contributed by atoms with E-state index in [1.807, 2.05) is 0 Å². The minimum atomic E-state index is -0.945. The van der Waals surface area contributed by atoms with E-state index in [9.17, 15) is 24.8 Å². The Morgan fingerprint density at radius 1 is 1.41 bits per heavy atom. The highest BCUT2D eigenvalue weighted by atomic mass is 16.6. The molecule has 1 aromatic carbocycles. The lowest BCUT2D eigenvalue weighted by atomic mass is 9.81. The van der Waals surface area contributed by atoms with Crippen molar-refractivity contribution in [3.8, 4) is 11.5 Å². The summed E-state index contributed by atoms with van der Waals surface area (Å²) in [6.45, 7) is 2.41. The molecule has 2 atom stereocenters. The maximum absolute atomic E-state index is 13.1. The van der Waals surface area contributed by atoms with E-state index in [1.54, 1.807) is 6.92 Å². The van der Waals surface area contributed by atoms with Gasteiger partial charge in [0.05, 0.1) is 30.1 Å². The summed E-state index contributed by atoms with van der Waals surface area (Å²) in [6, 6.07) is 2.48. The summed E-state index contributed by atoms with van der Waals surface area (Å²) in [6.07, 6.45) is 2.08. The Morgan fingerprint density at radius 3 is 2.70 bits per heavy atom. The van der Waals surface area contributed by atoms with Crippen molar-refractivity contribution in [3.05, 3.63) is 27.8 Å². The molecule has 1 amide bonds. The Hall–Kier alpha value is -2.84. The molecule has 1 aliphatic carbocycles. The minimum Gasteiger partial charge on any atom is -0.493 e. The van der Waals surface area contributed by atoms with E-state index in [-0.39, 0.29) is 41.8 Å². The Bertz CT molecular complexity index is 794. The average Bonchev–Trinajstić information content (AvgIpc) is 3.19. The van der Waals surface area contributed by atoms with Gasteiger partial charge in [-0.1, -0.05) is 6.42 Å². The second kappa shape index (κ2) is 7.05. The average molecular weight is 378 g/mol. The third-order valence-corrected chi connectivity index (χ3v) is 5.59. The van der Waals surface area contributed by atoms with Crippen LogP contribution in [0.4, 0.5) is 5.69 Å². The Morgan fingerprint density at radius 2 is 2.15 bits per heavy atom. The largest absolute Gasteiger partial charge is 0.493 e. The van der Waals surface area contributed by atoms with Crippen LogP contribution in [0.25, 0.3) is 0 Å². The molecule has 0 unspecified atom stereocenters. The molecule has 146 valence electrons. The summed E-state index contributed by atoms with van der Waals surface area (Å²) in [7, 11) is 1.36. The Balaban J connectivity index is 1.98.